The summed E-state index contributed by atoms with van der Waals surface area (Å²) in [6, 6.07) is 22.8. The van der Waals surface area contributed by atoms with Crippen molar-refractivity contribution < 1.29 is 9.47 Å². The van der Waals surface area contributed by atoms with Gasteiger partial charge in [-0.3, -0.25) is 0 Å². The highest BCUT2D eigenvalue weighted by Gasteiger charge is 2.08. The van der Waals surface area contributed by atoms with E-state index in [1.54, 1.807) is 7.11 Å². The minimum atomic E-state index is 0. The summed E-state index contributed by atoms with van der Waals surface area (Å²) in [6.07, 6.45) is 3.09. The highest BCUT2D eigenvalue weighted by molar-refractivity contribution is 5.85. The smallest absolute Gasteiger partial charge is 0.161 e. The number of hydrogen-bond acceptors (Lipinski definition) is 3. The summed E-state index contributed by atoms with van der Waals surface area (Å²) in [6.45, 7) is 4.33. The Bertz CT molecular complexity index is 1120. The van der Waals surface area contributed by atoms with Gasteiger partial charge in [0.1, 0.15) is 6.61 Å². The van der Waals surface area contributed by atoms with E-state index in [0.717, 1.165) is 31.0 Å². The van der Waals surface area contributed by atoms with Crippen molar-refractivity contribution >= 4 is 23.3 Å². The monoisotopic (exact) mass is 436 g/mol. The van der Waals surface area contributed by atoms with E-state index < -0.39 is 0 Å². The predicted octanol–water partition coefficient (Wildman–Crippen LogP) is 5.82. The summed E-state index contributed by atoms with van der Waals surface area (Å²) in [5.74, 6) is 1.53. The van der Waals surface area contributed by atoms with Crippen molar-refractivity contribution in [1.82, 2.24) is 10.3 Å². The summed E-state index contributed by atoms with van der Waals surface area (Å²) >= 11 is 0. The normalized spacial score (nSPS) is 10.6. The number of nitrogens with one attached hydrogen (secondary N) is 2. The molecule has 0 bridgehead atoms. The maximum Gasteiger partial charge on any atom is 0.161 e. The van der Waals surface area contributed by atoms with Crippen LogP contribution in [0.25, 0.3) is 10.9 Å². The zero-order chi connectivity index (χ0) is 20.8. The first-order valence-corrected chi connectivity index (χ1v) is 10.3. The van der Waals surface area contributed by atoms with Crippen molar-refractivity contribution in [3.8, 4) is 11.5 Å². The third kappa shape index (κ3) is 5.60. The molecule has 0 saturated carbocycles. The first kappa shape index (κ1) is 22.7. The fourth-order valence-electron chi connectivity index (χ4n) is 3.66. The van der Waals surface area contributed by atoms with Crippen molar-refractivity contribution in [1.29, 1.82) is 0 Å². The molecule has 0 spiro atoms. The molecule has 2 N–H and O–H groups in total. The van der Waals surface area contributed by atoms with E-state index in [1.165, 1.54) is 33.2 Å². The highest BCUT2D eigenvalue weighted by atomic mass is 35.5. The predicted molar refractivity (Wildman–Crippen MR) is 129 cm³/mol. The topological polar surface area (TPSA) is 46.3 Å². The van der Waals surface area contributed by atoms with Crippen molar-refractivity contribution in [2.45, 2.75) is 26.5 Å². The number of rotatable bonds is 9. The maximum atomic E-state index is 6.02. The average molecular weight is 437 g/mol. The lowest BCUT2D eigenvalue weighted by Gasteiger charge is -2.13. The Morgan fingerprint density at radius 1 is 0.903 bits per heavy atom. The standard InChI is InChI=1S/C26H28N2O2.ClH/c1-19-7-3-4-8-22(19)18-30-25-12-11-20(15-26(25)29-2)16-27-14-13-21-17-28-24-10-6-5-9-23(21)24;/h3-12,15,17,27-28H,13-14,16,18H2,1-2H3;1H. The van der Waals surface area contributed by atoms with Crippen LogP contribution in [0.2, 0.25) is 0 Å². The second-order valence-electron chi connectivity index (χ2n) is 7.49. The zero-order valence-electron chi connectivity index (χ0n) is 18.0. The van der Waals surface area contributed by atoms with Gasteiger partial charge in [-0.2, -0.15) is 0 Å². The number of methoxy groups -OCH3 is 1. The molecule has 1 aromatic heterocycles. The van der Waals surface area contributed by atoms with E-state index in [4.69, 9.17) is 9.47 Å². The van der Waals surface area contributed by atoms with Gasteiger partial charge >= 0.3 is 0 Å². The molecule has 0 amide bonds. The zero-order valence-corrected chi connectivity index (χ0v) is 18.8. The minimum Gasteiger partial charge on any atom is -0.493 e. The minimum absolute atomic E-state index is 0. The van der Waals surface area contributed by atoms with Gasteiger partial charge in [0.25, 0.3) is 0 Å². The lowest BCUT2D eigenvalue weighted by Crippen LogP contribution is -2.16. The number of aromatic amines is 1. The van der Waals surface area contributed by atoms with Crippen LogP contribution in [0.4, 0.5) is 0 Å². The van der Waals surface area contributed by atoms with Crippen LogP contribution >= 0.6 is 12.4 Å². The lowest BCUT2D eigenvalue weighted by atomic mass is 10.1. The van der Waals surface area contributed by atoms with E-state index in [0.29, 0.717) is 6.61 Å². The van der Waals surface area contributed by atoms with Crippen LogP contribution in [-0.4, -0.2) is 18.6 Å². The molecule has 0 fully saturated rings. The van der Waals surface area contributed by atoms with E-state index in [1.807, 2.05) is 24.3 Å². The van der Waals surface area contributed by atoms with E-state index in [9.17, 15) is 0 Å². The van der Waals surface area contributed by atoms with Crippen LogP contribution in [0, 0.1) is 6.92 Å². The number of benzene rings is 3. The number of aromatic nitrogens is 1. The molecule has 0 saturated heterocycles. The van der Waals surface area contributed by atoms with Gasteiger partial charge in [0.15, 0.2) is 11.5 Å². The number of fused-ring (bicyclic) bond motifs is 1. The van der Waals surface area contributed by atoms with Gasteiger partial charge in [0.2, 0.25) is 0 Å². The second kappa shape index (κ2) is 10.9. The van der Waals surface area contributed by atoms with Crippen molar-refractivity contribution in [2.75, 3.05) is 13.7 Å². The van der Waals surface area contributed by atoms with Gasteiger partial charge in [0, 0.05) is 23.6 Å². The van der Waals surface area contributed by atoms with Crippen molar-refractivity contribution in [3.63, 3.8) is 0 Å². The number of halogens is 1. The molecule has 1 heterocycles. The van der Waals surface area contributed by atoms with Gasteiger partial charge < -0.3 is 19.8 Å². The molecule has 0 aliphatic heterocycles. The fraction of sp³-hybridized carbons (Fsp3) is 0.231. The molecule has 5 heteroatoms. The molecule has 3 aromatic carbocycles. The number of para-hydroxylation sites is 1. The molecule has 31 heavy (non-hydrogen) atoms. The first-order valence-electron chi connectivity index (χ1n) is 10.3. The number of aryl methyl sites for hydroxylation is 1. The van der Waals surface area contributed by atoms with Crippen molar-refractivity contribution in [2.24, 2.45) is 0 Å². The number of H-pyrrole nitrogens is 1. The number of hydrogen-bond donors (Lipinski definition) is 2. The lowest BCUT2D eigenvalue weighted by molar-refractivity contribution is 0.283. The SMILES string of the molecule is COc1cc(CNCCc2c[nH]c3ccccc23)ccc1OCc1ccccc1C.Cl. The molecular formula is C26H29ClN2O2. The first-order chi connectivity index (χ1) is 14.7. The molecule has 4 rings (SSSR count). The van der Waals surface area contributed by atoms with Crippen LogP contribution in [-0.2, 0) is 19.6 Å². The van der Waals surface area contributed by atoms with E-state index in [2.05, 4.69) is 65.9 Å². The largest absolute Gasteiger partial charge is 0.493 e. The molecule has 0 aliphatic rings. The second-order valence-corrected chi connectivity index (χ2v) is 7.49. The Balaban J connectivity index is 0.00000272. The highest BCUT2D eigenvalue weighted by Crippen LogP contribution is 2.29. The Labute approximate surface area is 190 Å². The molecule has 0 unspecified atom stereocenters. The van der Waals surface area contributed by atoms with Gasteiger partial charge in [-0.05, 0) is 60.3 Å². The summed E-state index contributed by atoms with van der Waals surface area (Å²) in [5.41, 5.74) is 6.12. The number of ether oxygens (including phenoxy) is 2. The van der Waals surface area contributed by atoms with Crippen LogP contribution in [0.1, 0.15) is 22.3 Å². The molecular weight excluding hydrogens is 408 g/mol. The molecule has 0 aliphatic carbocycles. The Morgan fingerprint density at radius 2 is 1.71 bits per heavy atom. The maximum absolute atomic E-state index is 6.02. The van der Waals surface area contributed by atoms with Gasteiger partial charge in [-0.25, -0.2) is 0 Å². The van der Waals surface area contributed by atoms with Crippen LogP contribution < -0.4 is 14.8 Å². The van der Waals surface area contributed by atoms with Gasteiger partial charge in [-0.15, -0.1) is 12.4 Å². The average Bonchev–Trinajstić information content (AvgIpc) is 3.19. The Kier molecular flexibility index (Phi) is 7.99. The Hall–Kier alpha value is -2.95. The third-order valence-corrected chi connectivity index (χ3v) is 5.45. The summed E-state index contributed by atoms with van der Waals surface area (Å²) in [4.78, 5) is 3.34. The van der Waals surface area contributed by atoms with Gasteiger partial charge in [0.05, 0.1) is 7.11 Å². The molecule has 0 atom stereocenters. The third-order valence-electron chi connectivity index (χ3n) is 5.45. The molecule has 4 nitrogen and oxygen atoms in total. The van der Waals surface area contributed by atoms with Crippen LogP contribution in [0.5, 0.6) is 11.5 Å². The molecule has 4 aromatic rings. The fourth-order valence-corrected chi connectivity index (χ4v) is 3.66. The summed E-state index contributed by atoms with van der Waals surface area (Å²) < 4.78 is 11.6. The van der Waals surface area contributed by atoms with Gasteiger partial charge in [-0.1, -0.05) is 48.5 Å². The Morgan fingerprint density at radius 3 is 2.55 bits per heavy atom. The quantitative estimate of drug-likeness (QED) is 0.325. The van der Waals surface area contributed by atoms with Crippen molar-refractivity contribution in [3.05, 3.63) is 95.2 Å². The summed E-state index contributed by atoms with van der Waals surface area (Å²) in [7, 11) is 1.68. The van der Waals surface area contributed by atoms with Crippen LogP contribution in [0.3, 0.4) is 0 Å². The molecule has 162 valence electrons. The van der Waals surface area contributed by atoms with Crippen LogP contribution in [0.15, 0.2) is 72.9 Å². The van der Waals surface area contributed by atoms with E-state index >= 15 is 0 Å². The molecule has 0 radical (unpaired) electrons. The summed E-state index contributed by atoms with van der Waals surface area (Å²) in [5, 5.41) is 4.83. The van der Waals surface area contributed by atoms with E-state index in [-0.39, 0.29) is 12.4 Å².